The second-order valence-electron chi connectivity index (χ2n) is 6.02. The van der Waals surface area contributed by atoms with Crippen LogP contribution < -0.4 is 0 Å². The van der Waals surface area contributed by atoms with Gasteiger partial charge < -0.3 is 0 Å². The van der Waals surface area contributed by atoms with Crippen LogP contribution in [-0.4, -0.2) is 29.3 Å². The summed E-state index contributed by atoms with van der Waals surface area (Å²) in [5.74, 6) is 1.09. The van der Waals surface area contributed by atoms with E-state index in [0.717, 1.165) is 25.9 Å². The Bertz CT molecular complexity index is 283. The third-order valence-corrected chi connectivity index (χ3v) is 5.44. The first-order valence-corrected chi connectivity index (χ1v) is 6.74. The van der Waals surface area contributed by atoms with Gasteiger partial charge in [0.2, 0.25) is 0 Å². The fourth-order valence-corrected chi connectivity index (χ4v) is 3.15. The average Bonchev–Trinajstić information content (AvgIpc) is 2.96. The lowest BCUT2D eigenvalue weighted by atomic mass is 9.76. The number of ketones is 1. The number of carbonyl (C=O) groups is 1. The molecule has 2 aliphatic rings. The number of hydrogen-bond acceptors (Lipinski definition) is 2. The van der Waals surface area contributed by atoms with E-state index in [4.69, 9.17) is 0 Å². The summed E-state index contributed by atoms with van der Waals surface area (Å²) in [6.07, 6.45) is 4.72. The molecule has 0 unspecified atom stereocenters. The molecule has 2 rings (SSSR count). The van der Waals surface area contributed by atoms with E-state index in [2.05, 4.69) is 25.7 Å². The highest BCUT2D eigenvalue weighted by molar-refractivity contribution is 5.85. The minimum absolute atomic E-state index is 0.110. The monoisotopic (exact) mass is 223 g/mol. The van der Waals surface area contributed by atoms with Crippen LogP contribution in [0.4, 0.5) is 0 Å². The molecule has 2 nitrogen and oxygen atoms in total. The summed E-state index contributed by atoms with van der Waals surface area (Å²) < 4.78 is 0. The molecule has 0 spiro atoms. The van der Waals surface area contributed by atoms with Gasteiger partial charge in [-0.3, -0.25) is 9.69 Å². The largest absolute Gasteiger partial charge is 0.299 e. The molecule has 1 saturated carbocycles. The Morgan fingerprint density at radius 2 is 1.81 bits per heavy atom. The van der Waals surface area contributed by atoms with E-state index in [1.165, 1.54) is 12.8 Å². The Balaban J connectivity index is 1.93. The first kappa shape index (κ1) is 12.1. The van der Waals surface area contributed by atoms with Crippen LogP contribution in [0.1, 0.15) is 53.4 Å². The van der Waals surface area contributed by atoms with Gasteiger partial charge in [0, 0.05) is 24.0 Å². The maximum Gasteiger partial charge on any atom is 0.136 e. The van der Waals surface area contributed by atoms with Crippen LogP contribution in [0.5, 0.6) is 0 Å². The zero-order valence-corrected chi connectivity index (χ0v) is 11.2. The first-order valence-electron chi connectivity index (χ1n) is 6.74. The van der Waals surface area contributed by atoms with Gasteiger partial charge in [-0.1, -0.05) is 13.8 Å². The zero-order valence-electron chi connectivity index (χ0n) is 11.2. The molecule has 92 valence electrons. The van der Waals surface area contributed by atoms with Gasteiger partial charge in [0.1, 0.15) is 5.78 Å². The van der Waals surface area contributed by atoms with Gasteiger partial charge in [-0.15, -0.1) is 0 Å². The van der Waals surface area contributed by atoms with Crippen molar-refractivity contribution in [3.8, 4) is 0 Å². The van der Waals surface area contributed by atoms with Gasteiger partial charge >= 0.3 is 0 Å². The van der Waals surface area contributed by atoms with E-state index in [9.17, 15) is 4.79 Å². The molecule has 1 saturated heterocycles. The van der Waals surface area contributed by atoms with E-state index >= 15 is 0 Å². The summed E-state index contributed by atoms with van der Waals surface area (Å²) in [4.78, 5) is 14.2. The SMILES string of the molecule is CCC(C)(CC)N1CC(C2(C(C)=O)CC2)C1. The predicted octanol–water partition coefficient (Wildman–Crippen LogP) is 2.87. The van der Waals surface area contributed by atoms with Crippen molar-refractivity contribution >= 4 is 5.78 Å². The van der Waals surface area contributed by atoms with Crippen molar-refractivity contribution in [1.82, 2.24) is 4.90 Å². The highest BCUT2D eigenvalue weighted by atomic mass is 16.1. The van der Waals surface area contributed by atoms with Crippen molar-refractivity contribution in [2.75, 3.05) is 13.1 Å². The molecule has 0 atom stereocenters. The Hall–Kier alpha value is -0.370. The van der Waals surface area contributed by atoms with Gasteiger partial charge in [-0.05, 0) is 45.4 Å². The van der Waals surface area contributed by atoms with E-state index in [0.29, 0.717) is 17.2 Å². The third-order valence-electron chi connectivity index (χ3n) is 5.44. The number of rotatable bonds is 5. The Kier molecular flexibility index (Phi) is 2.90. The predicted molar refractivity (Wildman–Crippen MR) is 66.4 cm³/mol. The number of nitrogens with zero attached hydrogens (tertiary/aromatic N) is 1. The molecule has 0 bridgehead atoms. The number of carbonyl (C=O) groups excluding carboxylic acids is 1. The minimum Gasteiger partial charge on any atom is -0.299 e. The molecular weight excluding hydrogens is 198 g/mol. The lowest BCUT2D eigenvalue weighted by molar-refractivity contribution is -0.129. The van der Waals surface area contributed by atoms with Gasteiger partial charge in [0.15, 0.2) is 0 Å². The third kappa shape index (κ3) is 1.62. The van der Waals surface area contributed by atoms with E-state index < -0.39 is 0 Å². The van der Waals surface area contributed by atoms with Crippen molar-refractivity contribution in [2.24, 2.45) is 11.3 Å². The van der Waals surface area contributed by atoms with Crippen LogP contribution >= 0.6 is 0 Å². The first-order chi connectivity index (χ1) is 7.48. The van der Waals surface area contributed by atoms with E-state index in [-0.39, 0.29) is 5.41 Å². The fourth-order valence-electron chi connectivity index (χ4n) is 3.15. The number of hydrogen-bond donors (Lipinski definition) is 0. The van der Waals surface area contributed by atoms with Crippen molar-refractivity contribution in [3.63, 3.8) is 0 Å². The molecule has 2 fully saturated rings. The lowest BCUT2D eigenvalue weighted by Gasteiger charge is -2.52. The molecule has 0 aromatic carbocycles. The van der Waals surface area contributed by atoms with Crippen LogP contribution in [0.15, 0.2) is 0 Å². The summed E-state index contributed by atoms with van der Waals surface area (Å²) in [5.41, 5.74) is 0.474. The minimum atomic E-state index is 0.110. The average molecular weight is 223 g/mol. The molecule has 0 aromatic heterocycles. The van der Waals surface area contributed by atoms with Gasteiger partial charge in [-0.2, -0.15) is 0 Å². The second-order valence-corrected chi connectivity index (χ2v) is 6.02. The summed E-state index contributed by atoms with van der Waals surface area (Å²) in [6, 6.07) is 0. The van der Waals surface area contributed by atoms with Gasteiger partial charge in [0.05, 0.1) is 0 Å². The molecule has 16 heavy (non-hydrogen) atoms. The zero-order chi connectivity index (χ0) is 12.0. The Labute approximate surface area is 99.4 Å². The molecule has 0 N–H and O–H groups in total. The van der Waals surface area contributed by atoms with Crippen LogP contribution in [-0.2, 0) is 4.79 Å². The van der Waals surface area contributed by atoms with Crippen LogP contribution in [0.25, 0.3) is 0 Å². The molecule has 0 radical (unpaired) electrons. The second kappa shape index (κ2) is 3.83. The van der Waals surface area contributed by atoms with Gasteiger partial charge in [-0.25, -0.2) is 0 Å². The van der Waals surface area contributed by atoms with Crippen LogP contribution in [0.3, 0.4) is 0 Å². The lowest BCUT2D eigenvalue weighted by Crippen LogP contribution is -2.61. The van der Waals surface area contributed by atoms with E-state index in [1.54, 1.807) is 6.92 Å². The molecular formula is C14H25NO. The summed E-state index contributed by atoms with van der Waals surface area (Å²) >= 11 is 0. The molecule has 1 aliphatic carbocycles. The smallest absolute Gasteiger partial charge is 0.136 e. The molecule has 0 amide bonds. The van der Waals surface area contributed by atoms with Crippen LogP contribution in [0.2, 0.25) is 0 Å². The molecule has 2 heteroatoms. The highest BCUT2D eigenvalue weighted by Gasteiger charge is 2.58. The van der Waals surface area contributed by atoms with Crippen molar-refractivity contribution < 1.29 is 4.79 Å². The maximum absolute atomic E-state index is 11.6. The molecule has 0 aromatic rings. The summed E-state index contributed by atoms with van der Waals surface area (Å²) in [5, 5.41) is 0. The standard InChI is InChI=1S/C14H25NO/c1-5-13(4,6-2)15-9-12(10-15)14(7-8-14)11(3)16/h12H,5-10H2,1-4H3. The Morgan fingerprint density at radius 1 is 1.31 bits per heavy atom. The normalized spacial score (nSPS) is 25.2. The topological polar surface area (TPSA) is 20.3 Å². The quantitative estimate of drug-likeness (QED) is 0.714. The van der Waals surface area contributed by atoms with Crippen molar-refractivity contribution in [3.05, 3.63) is 0 Å². The van der Waals surface area contributed by atoms with Gasteiger partial charge in [0.25, 0.3) is 0 Å². The highest BCUT2D eigenvalue weighted by Crippen LogP contribution is 2.56. The molecule has 1 heterocycles. The van der Waals surface area contributed by atoms with Crippen LogP contribution in [0, 0.1) is 11.3 Å². The number of Topliss-reactive ketones (excluding diaryl/α,β-unsaturated/α-hetero) is 1. The Morgan fingerprint density at radius 3 is 2.12 bits per heavy atom. The summed E-state index contributed by atoms with van der Waals surface area (Å²) in [7, 11) is 0. The maximum atomic E-state index is 11.6. The summed E-state index contributed by atoms with van der Waals surface area (Å²) in [6.45, 7) is 11.0. The van der Waals surface area contributed by atoms with Crippen molar-refractivity contribution in [2.45, 2.75) is 58.9 Å². The molecule has 1 aliphatic heterocycles. The number of likely N-dealkylation sites (tertiary alicyclic amines) is 1. The van der Waals surface area contributed by atoms with Crippen molar-refractivity contribution in [1.29, 1.82) is 0 Å². The van der Waals surface area contributed by atoms with E-state index in [1.807, 2.05) is 0 Å². The fraction of sp³-hybridized carbons (Fsp3) is 0.929.